The highest BCUT2D eigenvalue weighted by Crippen LogP contribution is 2.46. The van der Waals surface area contributed by atoms with E-state index >= 15 is 0 Å². The maximum absolute atomic E-state index is 12.7. The Labute approximate surface area is 163 Å². The van der Waals surface area contributed by atoms with Crippen LogP contribution in [0.4, 0.5) is 0 Å². The Morgan fingerprint density at radius 3 is 2.56 bits per heavy atom. The molecule has 0 atom stereocenters. The molecular weight excluding hydrogens is 382 g/mol. The van der Waals surface area contributed by atoms with E-state index < -0.39 is 0 Å². The van der Waals surface area contributed by atoms with Gasteiger partial charge < -0.3 is 15.9 Å². The molecule has 4 N–H and O–H groups in total. The highest BCUT2D eigenvalue weighted by atomic mass is 35.5. The number of aromatic hydroxyl groups is 1. The summed E-state index contributed by atoms with van der Waals surface area (Å²) in [6.45, 7) is 0. The van der Waals surface area contributed by atoms with Crippen LogP contribution in [0, 0.1) is 0 Å². The minimum absolute atomic E-state index is 0.0995. The van der Waals surface area contributed by atoms with E-state index in [1.54, 1.807) is 24.3 Å². The molecule has 0 amide bonds. The zero-order chi connectivity index (χ0) is 19.0. The molecule has 0 aliphatic rings. The van der Waals surface area contributed by atoms with Gasteiger partial charge in [0, 0.05) is 5.56 Å². The third-order valence-electron chi connectivity index (χ3n) is 4.25. The summed E-state index contributed by atoms with van der Waals surface area (Å²) in [5.41, 5.74) is 2.65. The summed E-state index contributed by atoms with van der Waals surface area (Å²) in [7, 11) is 0. The Balaban J connectivity index is 2.04. The largest absolute Gasteiger partial charge is 0.506 e. The van der Waals surface area contributed by atoms with E-state index in [0.717, 1.165) is 11.1 Å². The number of aromatic nitrogens is 1. The lowest BCUT2D eigenvalue weighted by atomic mass is 9.99. The van der Waals surface area contributed by atoms with E-state index in [-0.39, 0.29) is 16.9 Å². The van der Waals surface area contributed by atoms with Crippen LogP contribution in [-0.2, 0) is 0 Å². The van der Waals surface area contributed by atoms with Gasteiger partial charge in [0.1, 0.15) is 14.9 Å². The van der Waals surface area contributed by atoms with Gasteiger partial charge >= 0.3 is 0 Å². The van der Waals surface area contributed by atoms with Crippen molar-refractivity contribution in [1.29, 1.82) is 0 Å². The van der Waals surface area contributed by atoms with Gasteiger partial charge in [0.2, 0.25) is 0 Å². The van der Waals surface area contributed by atoms with Crippen molar-refractivity contribution >= 4 is 39.4 Å². The summed E-state index contributed by atoms with van der Waals surface area (Å²) in [5.74, 6) is 5.11. The number of aromatic amines is 1. The van der Waals surface area contributed by atoms with Crippen LogP contribution >= 0.6 is 22.9 Å². The van der Waals surface area contributed by atoms with Crippen molar-refractivity contribution in [3.8, 4) is 28.0 Å². The number of benzene rings is 2. The van der Waals surface area contributed by atoms with Gasteiger partial charge in [-0.2, -0.15) is 5.10 Å². The quantitative estimate of drug-likeness (QED) is 0.269. The number of hydrazone groups is 1. The van der Waals surface area contributed by atoms with E-state index in [1.165, 1.54) is 17.6 Å². The molecule has 2 aromatic carbocycles. The number of H-pyrrole nitrogens is 1. The van der Waals surface area contributed by atoms with Gasteiger partial charge in [0.15, 0.2) is 0 Å². The first kappa shape index (κ1) is 17.3. The van der Waals surface area contributed by atoms with Gasteiger partial charge in [-0.1, -0.05) is 60.1 Å². The van der Waals surface area contributed by atoms with Gasteiger partial charge in [-0.25, -0.2) is 0 Å². The zero-order valence-electron chi connectivity index (χ0n) is 13.9. The number of hydrogen-bond acceptors (Lipinski definition) is 5. The highest BCUT2D eigenvalue weighted by Gasteiger charge is 2.21. The molecule has 27 heavy (non-hydrogen) atoms. The maximum Gasteiger partial charge on any atom is 0.260 e. The first-order valence-corrected chi connectivity index (χ1v) is 9.26. The minimum Gasteiger partial charge on any atom is -0.506 e. The minimum atomic E-state index is -0.389. The molecule has 0 fully saturated rings. The molecule has 0 unspecified atom stereocenters. The number of thiophene rings is 1. The lowest BCUT2D eigenvalue weighted by Crippen LogP contribution is -2.08. The molecule has 0 saturated heterocycles. The second-order valence-electron chi connectivity index (χ2n) is 5.90. The Morgan fingerprint density at radius 2 is 1.81 bits per heavy atom. The predicted molar refractivity (Wildman–Crippen MR) is 112 cm³/mol. The van der Waals surface area contributed by atoms with Gasteiger partial charge in [-0.15, -0.1) is 11.3 Å². The number of rotatable bonds is 3. The Kier molecular flexibility index (Phi) is 4.43. The van der Waals surface area contributed by atoms with Crippen molar-refractivity contribution in [2.24, 2.45) is 10.9 Å². The molecule has 0 bridgehead atoms. The lowest BCUT2D eigenvalue weighted by molar-refractivity contribution is 0.483. The first-order valence-electron chi connectivity index (χ1n) is 8.06. The molecule has 4 rings (SSSR count). The summed E-state index contributed by atoms with van der Waals surface area (Å²) in [5, 5.41) is 15.1. The van der Waals surface area contributed by atoms with Crippen LogP contribution in [0.15, 0.2) is 64.5 Å². The van der Waals surface area contributed by atoms with Crippen molar-refractivity contribution in [3.63, 3.8) is 0 Å². The normalized spacial score (nSPS) is 11.4. The molecule has 5 nitrogen and oxygen atoms in total. The van der Waals surface area contributed by atoms with Crippen LogP contribution in [-0.4, -0.2) is 16.3 Å². The van der Waals surface area contributed by atoms with Crippen LogP contribution < -0.4 is 11.4 Å². The number of nitrogens with two attached hydrogens (primary N) is 1. The summed E-state index contributed by atoms with van der Waals surface area (Å²) in [6, 6.07) is 16.6. The molecule has 2 heterocycles. The molecule has 2 aromatic heterocycles. The SMILES string of the molecule is N/N=C\c1cccc(-c2c(O)c3c(-c4ccccc4)c(Cl)sc3[nH]c2=O)c1. The molecule has 0 aliphatic heterocycles. The van der Waals surface area contributed by atoms with Crippen molar-refractivity contribution in [1.82, 2.24) is 4.98 Å². The van der Waals surface area contributed by atoms with Gasteiger partial charge in [-0.3, -0.25) is 4.79 Å². The number of halogens is 1. The molecule has 134 valence electrons. The number of hydrogen-bond donors (Lipinski definition) is 3. The standard InChI is InChI=1S/C20H14ClN3O2S/c21-18-14(12-6-2-1-3-7-12)16-17(25)15(19(26)24-20(16)27-18)13-8-4-5-11(9-13)10-23-22/h1-10H,22H2,(H2,24,25,26)/b23-10-. The molecule has 0 radical (unpaired) electrons. The fourth-order valence-corrected chi connectivity index (χ4v) is 4.49. The Bertz CT molecular complexity index is 1230. The summed E-state index contributed by atoms with van der Waals surface area (Å²) < 4.78 is 0.503. The lowest BCUT2D eigenvalue weighted by Gasteiger charge is -2.08. The van der Waals surface area contributed by atoms with E-state index in [4.69, 9.17) is 17.4 Å². The second kappa shape index (κ2) is 6.90. The van der Waals surface area contributed by atoms with Crippen molar-refractivity contribution in [2.45, 2.75) is 0 Å². The Hall–Kier alpha value is -3.09. The van der Waals surface area contributed by atoms with E-state index in [0.29, 0.717) is 25.7 Å². The number of pyridine rings is 1. The van der Waals surface area contributed by atoms with E-state index in [1.807, 2.05) is 30.3 Å². The van der Waals surface area contributed by atoms with Gasteiger partial charge in [-0.05, 0) is 22.8 Å². The van der Waals surface area contributed by atoms with Crippen LogP contribution in [0.25, 0.3) is 32.5 Å². The average molecular weight is 396 g/mol. The van der Waals surface area contributed by atoms with Gasteiger partial charge in [0.05, 0.1) is 17.2 Å². The van der Waals surface area contributed by atoms with Crippen LogP contribution in [0.1, 0.15) is 5.56 Å². The molecule has 0 saturated carbocycles. The van der Waals surface area contributed by atoms with Crippen molar-refractivity contribution < 1.29 is 5.11 Å². The average Bonchev–Trinajstić information content (AvgIpc) is 2.99. The van der Waals surface area contributed by atoms with Crippen LogP contribution in [0.5, 0.6) is 5.75 Å². The monoisotopic (exact) mass is 395 g/mol. The first-order chi connectivity index (χ1) is 13.1. The number of nitrogens with zero attached hydrogens (tertiary/aromatic N) is 1. The molecule has 0 aliphatic carbocycles. The second-order valence-corrected chi connectivity index (χ2v) is 7.52. The highest BCUT2D eigenvalue weighted by molar-refractivity contribution is 7.23. The number of fused-ring (bicyclic) bond motifs is 1. The summed E-state index contributed by atoms with van der Waals surface area (Å²) in [4.78, 5) is 16.0. The topological polar surface area (TPSA) is 91.5 Å². The predicted octanol–water partition coefficient (Wildman–Crippen LogP) is 4.58. The summed E-state index contributed by atoms with van der Waals surface area (Å²) in [6.07, 6.45) is 1.48. The molecule has 0 spiro atoms. The fourth-order valence-electron chi connectivity index (χ4n) is 3.11. The molecular formula is C20H14ClN3O2S. The third kappa shape index (κ3) is 2.99. The van der Waals surface area contributed by atoms with Crippen molar-refractivity contribution in [2.75, 3.05) is 0 Å². The maximum atomic E-state index is 12.7. The third-order valence-corrected chi connectivity index (χ3v) is 5.57. The van der Waals surface area contributed by atoms with Crippen LogP contribution in [0.2, 0.25) is 4.34 Å². The van der Waals surface area contributed by atoms with E-state index in [9.17, 15) is 9.90 Å². The van der Waals surface area contributed by atoms with Crippen molar-refractivity contribution in [3.05, 3.63) is 74.9 Å². The Morgan fingerprint density at radius 1 is 1.07 bits per heavy atom. The van der Waals surface area contributed by atoms with Crippen LogP contribution in [0.3, 0.4) is 0 Å². The van der Waals surface area contributed by atoms with E-state index in [2.05, 4.69) is 10.1 Å². The number of nitrogens with one attached hydrogen (secondary N) is 1. The van der Waals surface area contributed by atoms with Gasteiger partial charge in [0.25, 0.3) is 5.56 Å². The zero-order valence-corrected chi connectivity index (χ0v) is 15.5. The smallest absolute Gasteiger partial charge is 0.260 e. The fraction of sp³-hybridized carbons (Fsp3) is 0. The summed E-state index contributed by atoms with van der Waals surface area (Å²) >= 11 is 7.67. The molecule has 4 aromatic rings. The molecule has 7 heteroatoms.